The molecule has 0 saturated carbocycles. The molecule has 1 aromatic carbocycles. The van der Waals surface area contributed by atoms with Crippen molar-refractivity contribution in [1.82, 2.24) is 15.8 Å². The molecule has 10 heteroatoms. The van der Waals surface area contributed by atoms with Crippen LogP contribution in [0.2, 0.25) is 0 Å². The first-order chi connectivity index (χ1) is 12.9. The van der Waals surface area contributed by atoms with Gasteiger partial charge in [-0.15, -0.1) is 5.39 Å². The Balaban J connectivity index is 0.00000192. The molecule has 3 unspecified atom stereocenters. The number of aromatic nitrogens is 1. The second-order valence-electron chi connectivity index (χ2n) is 7.41. The van der Waals surface area contributed by atoms with Crippen LogP contribution in [0.4, 0.5) is 10.5 Å². The molecule has 0 bridgehead atoms. The molecule has 4 heterocycles. The van der Waals surface area contributed by atoms with Crippen LogP contribution < -0.4 is 15.5 Å². The number of nitrogens with one attached hydrogen (secondary N) is 2. The van der Waals surface area contributed by atoms with Gasteiger partial charge in [-0.25, -0.2) is 4.79 Å². The Hall–Kier alpha value is -2.28. The van der Waals surface area contributed by atoms with Gasteiger partial charge in [-0.3, -0.25) is 20.2 Å². The van der Waals surface area contributed by atoms with E-state index in [0.29, 0.717) is 17.5 Å². The SMILES string of the molecule is CC1CN2c3cc4on[c-]c4cc3CC3(C(=O)NC(=O)NC3=O)C2C(C)O1.[Re]. The predicted octanol–water partition coefficient (Wildman–Crippen LogP) is 0.516. The molecule has 1 aromatic heterocycles. The molecule has 0 aliphatic carbocycles. The van der Waals surface area contributed by atoms with E-state index in [4.69, 9.17) is 9.26 Å². The maximum Gasteiger partial charge on any atom is 0.328 e. The van der Waals surface area contributed by atoms with Gasteiger partial charge in [-0.05, 0) is 26.5 Å². The van der Waals surface area contributed by atoms with Crippen molar-refractivity contribution in [3.63, 3.8) is 0 Å². The van der Waals surface area contributed by atoms with Gasteiger partial charge in [0.15, 0.2) is 5.41 Å². The molecule has 28 heavy (non-hydrogen) atoms. The molecule has 2 saturated heterocycles. The molecule has 1 radical (unpaired) electrons. The van der Waals surface area contributed by atoms with Crippen LogP contribution in [-0.2, 0) is 41.2 Å². The molecule has 5 rings (SSSR count). The van der Waals surface area contributed by atoms with E-state index in [1.165, 1.54) is 0 Å². The van der Waals surface area contributed by atoms with Gasteiger partial charge in [0.1, 0.15) is 0 Å². The fourth-order valence-corrected chi connectivity index (χ4v) is 4.75. The molecule has 147 valence electrons. The second kappa shape index (κ2) is 6.37. The number of hydrogen-bond donors (Lipinski definition) is 2. The van der Waals surface area contributed by atoms with Gasteiger partial charge in [0.05, 0.1) is 23.8 Å². The molecule has 4 amide bonds. The topological polar surface area (TPSA) is 114 Å². The summed E-state index contributed by atoms with van der Waals surface area (Å²) in [6.45, 7) is 4.29. The molecule has 3 aliphatic heterocycles. The van der Waals surface area contributed by atoms with Crippen molar-refractivity contribution in [3.8, 4) is 0 Å². The van der Waals surface area contributed by atoms with Crippen LogP contribution in [0.15, 0.2) is 16.7 Å². The number of rotatable bonds is 0. The summed E-state index contributed by atoms with van der Waals surface area (Å²) in [5, 5.41) is 8.91. The first-order valence-corrected chi connectivity index (χ1v) is 8.79. The zero-order valence-corrected chi connectivity index (χ0v) is 17.8. The summed E-state index contributed by atoms with van der Waals surface area (Å²) in [5.41, 5.74) is 0.801. The van der Waals surface area contributed by atoms with E-state index < -0.39 is 35.4 Å². The van der Waals surface area contributed by atoms with Crippen molar-refractivity contribution >= 4 is 34.5 Å². The number of anilines is 1. The molecule has 2 fully saturated rings. The summed E-state index contributed by atoms with van der Waals surface area (Å²) < 4.78 is 11.2. The Morgan fingerprint density at radius 2 is 1.93 bits per heavy atom. The van der Waals surface area contributed by atoms with E-state index in [1.807, 2.05) is 30.9 Å². The van der Waals surface area contributed by atoms with Gasteiger partial charge >= 0.3 is 6.03 Å². The van der Waals surface area contributed by atoms with E-state index in [1.54, 1.807) is 0 Å². The minimum atomic E-state index is -1.47. The van der Waals surface area contributed by atoms with Gasteiger partial charge < -0.3 is 14.2 Å². The minimum Gasteiger partial charge on any atom is -0.431 e. The van der Waals surface area contributed by atoms with E-state index in [2.05, 4.69) is 22.0 Å². The van der Waals surface area contributed by atoms with E-state index in [0.717, 1.165) is 11.3 Å². The van der Waals surface area contributed by atoms with E-state index >= 15 is 0 Å². The van der Waals surface area contributed by atoms with Crippen LogP contribution >= 0.6 is 0 Å². The Morgan fingerprint density at radius 1 is 1.21 bits per heavy atom. The fourth-order valence-electron chi connectivity index (χ4n) is 4.75. The van der Waals surface area contributed by atoms with Gasteiger partial charge in [0.2, 0.25) is 11.8 Å². The number of morpholine rings is 1. The van der Waals surface area contributed by atoms with Crippen molar-refractivity contribution < 1.29 is 44.1 Å². The Kier molecular flexibility index (Phi) is 4.34. The largest absolute Gasteiger partial charge is 0.431 e. The zero-order chi connectivity index (χ0) is 18.9. The number of urea groups is 1. The first kappa shape index (κ1) is 19.1. The van der Waals surface area contributed by atoms with Gasteiger partial charge in [-0.2, -0.15) is 11.2 Å². The van der Waals surface area contributed by atoms with Gasteiger partial charge in [-0.1, -0.05) is 11.6 Å². The average molecular weight is 556 g/mol. The van der Waals surface area contributed by atoms with Crippen molar-refractivity contribution in [2.24, 2.45) is 5.41 Å². The number of hydrogen-bond acceptors (Lipinski definition) is 7. The molecular formula is C18H17N4O5Re-. The molecule has 3 atom stereocenters. The monoisotopic (exact) mass is 556 g/mol. The number of imide groups is 2. The van der Waals surface area contributed by atoms with Gasteiger partial charge in [0, 0.05) is 32.7 Å². The van der Waals surface area contributed by atoms with E-state index in [9.17, 15) is 14.4 Å². The van der Waals surface area contributed by atoms with Gasteiger partial charge in [0.25, 0.3) is 0 Å². The third-order valence-corrected chi connectivity index (χ3v) is 5.72. The average Bonchev–Trinajstić information content (AvgIpc) is 3.04. The number of amides is 4. The number of benzene rings is 1. The van der Waals surface area contributed by atoms with Crippen LogP contribution in [0.3, 0.4) is 0 Å². The van der Waals surface area contributed by atoms with Crippen LogP contribution in [0.5, 0.6) is 0 Å². The summed E-state index contributed by atoms with van der Waals surface area (Å²) in [7, 11) is 0. The standard InChI is InChI=1S/C18H17N4O5.Re/c1-8-7-22-12-4-13-11(6-19-27-13)3-10(12)5-18(14(22)9(2)26-8)15(23)20-17(25)21-16(18)24;/h3-4,8-9,14H,5,7H2,1-2H3,(H2,20,21,23,24,25);/q-1;. The molecular weight excluding hydrogens is 538 g/mol. The number of carbonyl (C=O) groups excluding carboxylic acids is 3. The molecule has 9 nitrogen and oxygen atoms in total. The molecule has 1 spiro atoms. The molecule has 3 aliphatic rings. The molecule has 2 aromatic rings. The van der Waals surface area contributed by atoms with Crippen molar-refractivity contribution in [2.45, 2.75) is 38.5 Å². The van der Waals surface area contributed by atoms with E-state index in [-0.39, 0.29) is 32.9 Å². The minimum absolute atomic E-state index is 0. The summed E-state index contributed by atoms with van der Waals surface area (Å²) in [6, 6.07) is 2.34. The first-order valence-electron chi connectivity index (χ1n) is 8.79. The number of nitrogens with zero attached hydrogens (tertiary/aromatic N) is 2. The maximum atomic E-state index is 13.0. The van der Waals surface area contributed by atoms with Crippen LogP contribution in [0.1, 0.15) is 19.4 Å². The third-order valence-electron chi connectivity index (χ3n) is 5.72. The Labute approximate surface area is 173 Å². The Morgan fingerprint density at radius 3 is 2.64 bits per heavy atom. The number of carbonyl (C=O) groups is 3. The molecule has 2 N–H and O–H groups in total. The quantitative estimate of drug-likeness (QED) is 0.360. The second-order valence-corrected chi connectivity index (χ2v) is 7.41. The normalized spacial score (nSPS) is 28.3. The summed E-state index contributed by atoms with van der Waals surface area (Å²) in [6.07, 6.45) is 2.42. The Bertz CT molecular complexity index is 985. The number of barbiturate groups is 1. The summed E-state index contributed by atoms with van der Waals surface area (Å²) in [4.78, 5) is 39.6. The van der Waals surface area contributed by atoms with Crippen molar-refractivity contribution in [3.05, 3.63) is 23.9 Å². The third kappa shape index (κ3) is 2.45. The number of fused-ring (bicyclic) bond motifs is 5. The predicted molar refractivity (Wildman–Crippen MR) is 91.8 cm³/mol. The number of ether oxygens (including phenoxy) is 1. The van der Waals surface area contributed by atoms with Crippen molar-refractivity contribution in [2.75, 3.05) is 11.4 Å². The van der Waals surface area contributed by atoms with Crippen LogP contribution in [0, 0.1) is 11.6 Å². The zero-order valence-electron chi connectivity index (χ0n) is 15.1. The maximum absolute atomic E-state index is 13.0. The van der Waals surface area contributed by atoms with Crippen molar-refractivity contribution in [1.29, 1.82) is 0 Å². The summed E-state index contributed by atoms with van der Waals surface area (Å²) in [5.74, 6) is -1.20. The van der Waals surface area contributed by atoms with Crippen LogP contribution in [0.25, 0.3) is 11.0 Å². The smallest absolute Gasteiger partial charge is 0.328 e. The summed E-state index contributed by atoms with van der Waals surface area (Å²) >= 11 is 0. The fraction of sp³-hybridized carbons (Fsp3) is 0.444. The van der Waals surface area contributed by atoms with Crippen LogP contribution in [-0.4, -0.2) is 47.8 Å².